The van der Waals surface area contributed by atoms with Crippen molar-refractivity contribution in [3.05, 3.63) is 35.6 Å². The van der Waals surface area contributed by atoms with Gasteiger partial charge in [0.2, 0.25) is 0 Å². The molecule has 92 valence electrons. The molecule has 0 radical (unpaired) electrons. The fourth-order valence-electron chi connectivity index (χ4n) is 1.41. The van der Waals surface area contributed by atoms with Gasteiger partial charge in [0.1, 0.15) is 5.82 Å². The zero-order valence-corrected chi connectivity index (χ0v) is 11.0. The predicted octanol–water partition coefficient (Wildman–Crippen LogP) is 3.87. The van der Waals surface area contributed by atoms with Crippen LogP contribution in [0.5, 0.6) is 0 Å². The van der Waals surface area contributed by atoms with Crippen molar-refractivity contribution in [3.63, 3.8) is 0 Å². The van der Waals surface area contributed by atoms with E-state index >= 15 is 0 Å². The van der Waals surface area contributed by atoms with Gasteiger partial charge in [-0.3, -0.25) is 0 Å². The molecule has 0 heterocycles. The largest absolute Gasteiger partial charge is 0.306 e. The number of halogens is 1. The lowest BCUT2D eigenvalue weighted by atomic mass is 10.2. The Morgan fingerprint density at radius 3 is 1.75 bits per heavy atom. The molecule has 0 amide bonds. The van der Waals surface area contributed by atoms with Gasteiger partial charge in [0.25, 0.3) is 0 Å². The van der Waals surface area contributed by atoms with Crippen molar-refractivity contribution in [2.24, 2.45) is 0 Å². The molecular weight excluding hydrogens is 201 g/mol. The maximum absolute atomic E-state index is 12.1. The zero-order valence-electron chi connectivity index (χ0n) is 11.0. The number of hydrogen-bond donors (Lipinski definition) is 0. The second-order valence-corrected chi connectivity index (χ2v) is 4.10. The number of hydrogen-bond acceptors (Lipinski definition) is 1. The average molecular weight is 225 g/mol. The van der Waals surface area contributed by atoms with Crippen LogP contribution < -0.4 is 0 Å². The molecule has 0 bridgehead atoms. The normalized spacial score (nSPS) is 9.88. The first-order valence-corrected chi connectivity index (χ1v) is 6.00. The van der Waals surface area contributed by atoms with Crippen LogP contribution in [0.3, 0.4) is 0 Å². The van der Waals surface area contributed by atoms with Gasteiger partial charge in [0, 0.05) is 0 Å². The Hall–Kier alpha value is -0.890. The van der Waals surface area contributed by atoms with Crippen LogP contribution in [-0.4, -0.2) is 25.0 Å². The summed E-state index contributed by atoms with van der Waals surface area (Å²) < 4.78 is 12.1. The molecule has 0 spiro atoms. The molecule has 1 aromatic carbocycles. The van der Waals surface area contributed by atoms with Gasteiger partial charge < -0.3 is 4.90 Å². The van der Waals surface area contributed by atoms with E-state index < -0.39 is 0 Å². The number of aryl methyl sites for hydroxylation is 1. The molecule has 2 heteroatoms. The molecule has 1 nitrogen and oxygen atoms in total. The molecule has 0 atom stereocenters. The molecule has 0 saturated carbocycles. The van der Waals surface area contributed by atoms with E-state index in [1.54, 1.807) is 12.1 Å². The Bertz CT molecular complexity index is 229. The summed E-state index contributed by atoms with van der Waals surface area (Å²) in [6.07, 6.45) is 2.55. The number of nitrogens with zero attached hydrogens (tertiary/aromatic N) is 1. The van der Waals surface area contributed by atoms with E-state index in [9.17, 15) is 4.39 Å². The van der Waals surface area contributed by atoms with E-state index in [0.717, 1.165) is 5.56 Å². The molecule has 1 rings (SSSR count). The van der Waals surface area contributed by atoms with E-state index in [4.69, 9.17) is 0 Å². The highest BCUT2D eigenvalue weighted by Gasteiger charge is 1.90. The molecule has 0 saturated heterocycles. The minimum atomic E-state index is -0.171. The van der Waals surface area contributed by atoms with E-state index in [-0.39, 0.29) is 5.82 Å². The Morgan fingerprint density at radius 2 is 1.44 bits per heavy atom. The van der Waals surface area contributed by atoms with Crippen LogP contribution in [0.25, 0.3) is 0 Å². The number of rotatable bonds is 4. The summed E-state index contributed by atoms with van der Waals surface area (Å²) in [5.74, 6) is -0.171. The molecule has 0 aliphatic rings. The van der Waals surface area contributed by atoms with Crippen LogP contribution in [0, 0.1) is 12.7 Å². The van der Waals surface area contributed by atoms with Gasteiger partial charge in [-0.2, -0.15) is 0 Å². The zero-order chi connectivity index (χ0) is 12.4. The van der Waals surface area contributed by atoms with Crippen molar-refractivity contribution in [2.45, 2.75) is 33.6 Å². The van der Waals surface area contributed by atoms with Crippen molar-refractivity contribution >= 4 is 0 Å². The fourth-order valence-corrected chi connectivity index (χ4v) is 1.41. The van der Waals surface area contributed by atoms with Crippen molar-refractivity contribution < 1.29 is 4.39 Å². The molecule has 0 aliphatic heterocycles. The van der Waals surface area contributed by atoms with Crippen molar-refractivity contribution in [1.29, 1.82) is 0 Å². The summed E-state index contributed by atoms with van der Waals surface area (Å²) in [4.78, 5) is 2.36. The molecule has 0 fully saturated rings. The van der Waals surface area contributed by atoms with Gasteiger partial charge in [0.05, 0.1) is 0 Å². The van der Waals surface area contributed by atoms with Crippen LogP contribution in [0.15, 0.2) is 24.3 Å². The van der Waals surface area contributed by atoms with Gasteiger partial charge in [-0.05, 0) is 52.0 Å². The maximum Gasteiger partial charge on any atom is 0.123 e. The van der Waals surface area contributed by atoms with Crippen LogP contribution in [0.4, 0.5) is 4.39 Å². The quantitative estimate of drug-likeness (QED) is 0.752. The van der Waals surface area contributed by atoms with Gasteiger partial charge in [-0.15, -0.1) is 0 Å². The lowest BCUT2D eigenvalue weighted by Crippen LogP contribution is -2.19. The number of benzene rings is 1. The summed E-state index contributed by atoms with van der Waals surface area (Å²) >= 11 is 0. The predicted molar refractivity (Wildman–Crippen MR) is 69.2 cm³/mol. The summed E-state index contributed by atoms with van der Waals surface area (Å²) in [5.41, 5.74) is 1.09. The van der Waals surface area contributed by atoms with E-state index in [1.165, 1.54) is 38.1 Å². The highest BCUT2D eigenvalue weighted by Crippen LogP contribution is 1.98. The van der Waals surface area contributed by atoms with Crippen molar-refractivity contribution in [1.82, 2.24) is 4.90 Å². The highest BCUT2D eigenvalue weighted by atomic mass is 19.1. The van der Waals surface area contributed by atoms with Gasteiger partial charge in [-0.25, -0.2) is 4.39 Å². The summed E-state index contributed by atoms with van der Waals surface area (Å²) in [6.45, 7) is 8.85. The average Bonchev–Trinajstić information content (AvgIpc) is 2.24. The molecule has 0 aromatic heterocycles. The standard InChI is InChI=1S/C7H7F.C7H17N/c1-6-2-4-7(8)5-3-6;1-4-6-8(3)7-5-2/h2-5H,1H3;4-7H2,1-3H3. The molecule has 1 aromatic rings. The van der Waals surface area contributed by atoms with Crippen LogP contribution in [-0.2, 0) is 0 Å². The van der Waals surface area contributed by atoms with Gasteiger partial charge in [0.15, 0.2) is 0 Å². The lowest BCUT2D eigenvalue weighted by Gasteiger charge is -2.12. The third-order valence-corrected chi connectivity index (χ3v) is 2.22. The highest BCUT2D eigenvalue weighted by molar-refractivity contribution is 5.13. The Morgan fingerprint density at radius 1 is 1.00 bits per heavy atom. The minimum absolute atomic E-state index is 0.171. The second kappa shape index (κ2) is 9.34. The molecule has 0 unspecified atom stereocenters. The Labute approximate surface area is 99.3 Å². The van der Waals surface area contributed by atoms with E-state index in [1.807, 2.05) is 6.92 Å². The Kier molecular flexibility index (Phi) is 8.82. The topological polar surface area (TPSA) is 3.24 Å². The molecule has 0 aliphatic carbocycles. The van der Waals surface area contributed by atoms with E-state index in [0.29, 0.717) is 0 Å². The lowest BCUT2D eigenvalue weighted by molar-refractivity contribution is 0.335. The first kappa shape index (κ1) is 15.1. The maximum atomic E-state index is 12.1. The molecule has 0 N–H and O–H groups in total. The second-order valence-electron chi connectivity index (χ2n) is 4.10. The minimum Gasteiger partial charge on any atom is -0.306 e. The molecular formula is C14H24FN. The smallest absolute Gasteiger partial charge is 0.123 e. The summed E-state index contributed by atoms with van der Waals surface area (Å²) in [5, 5.41) is 0. The summed E-state index contributed by atoms with van der Waals surface area (Å²) in [7, 11) is 2.17. The fraction of sp³-hybridized carbons (Fsp3) is 0.571. The third-order valence-electron chi connectivity index (χ3n) is 2.22. The first-order chi connectivity index (χ1) is 7.60. The van der Waals surface area contributed by atoms with Crippen molar-refractivity contribution in [3.8, 4) is 0 Å². The van der Waals surface area contributed by atoms with Gasteiger partial charge in [-0.1, -0.05) is 31.5 Å². The van der Waals surface area contributed by atoms with Crippen molar-refractivity contribution in [2.75, 3.05) is 20.1 Å². The summed E-state index contributed by atoms with van der Waals surface area (Å²) in [6, 6.07) is 6.40. The third kappa shape index (κ3) is 8.42. The van der Waals surface area contributed by atoms with Crippen LogP contribution in [0.2, 0.25) is 0 Å². The first-order valence-electron chi connectivity index (χ1n) is 6.00. The Balaban J connectivity index is 0.000000281. The molecule has 16 heavy (non-hydrogen) atoms. The van der Waals surface area contributed by atoms with Crippen LogP contribution >= 0.6 is 0 Å². The van der Waals surface area contributed by atoms with E-state index in [2.05, 4.69) is 25.8 Å². The van der Waals surface area contributed by atoms with Gasteiger partial charge >= 0.3 is 0 Å². The SMILES string of the molecule is CCCN(C)CCC.Cc1ccc(F)cc1. The van der Waals surface area contributed by atoms with Crippen LogP contribution in [0.1, 0.15) is 32.3 Å². The monoisotopic (exact) mass is 225 g/mol.